The minimum atomic E-state index is 0.406. The lowest BCUT2D eigenvalue weighted by molar-refractivity contribution is 1.13. The highest BCUT2D eigenvalue weighted by atomic mass is 15.0. The zero-order chi connectivity index (χ0) is 48.9. The van der Waals surface area contributed by atoms with E-state index in [0.29, 0.717) is 33.8 Å². The fraction of sp³-hybridized carbons (Fsp3) is 0. The molecule has 0 aliphatic carbocycles. The molecule has 72 heavy (non-hydrogen) atoms. The lowest BCUT2D eigenvalue weighted by Gasteiger charge is -2.20. The lowest BCUT2D eigenvalue weighted by atomic mass is 9.96. The van der Waals surface area contributed by atoms with Crippen molar-refractivity contribution < 1.29 is 0 Å². The van der Waals surface area contributed by atoms with Crippen LogP contribution in [0.3, 0.4) is 0 Å². The maximum atomic E-state index is 11.4. The van der Waals surface area contributed by atoms with E-state index in [2.05, 4.69) is 128 Å². The van der Waals surface area contributed by atoms with Gasteiger partial charge in [-0.05, 0) is 101 Å². The first-order valence-corrected chi connectivity index (χ1v) is 23.1. The number of fused-ring (bicyclic) bond motifs is 6. The standard InChI is InChI=1S/C64H34N8/c1-68-48-24-26-50(58(35-48)69-2)44-23-28-61-55(31-44)51-17-9-11-19-59(51)71(61)63-36-53(45-32-56(41-13-5-3-6-14-41)70-57(33-45)42-15-7-4-8-16-42)64(34-47(63)39-67)72-60-20-12-10-18-52(60)54-30-43(22-27-62(54)72)49-25-21-40(37-65)29-46(49)38-66/h3-36H. The summed E-state index contributed by atoms with van der Waals surface area (Å²) in [4.78, 5) is 12.6. The Bertz CT molecular complexity index is 4390. The van der Waals surface area contributed by atoms with Crippen LogP contribution in [0.4, 0.5) is 11.4 Å². The van der Waals surface area contributed by atoms with Gasteiger partial charge in [-0.2, -0.15) is 15.8 Å². The smallest absolute Gasteiger partial charge is 0.184 e. The van der Waals surface area contributed by atoms with Crippen LogP contribution in [0, 0.1) is 47.1 Å². The highest BCUT2D eigenvalue weighted by molar-refractivity contribution is 6.13. The van der Waals surface area contributed by atoms with Crippen molar-refractivity contribution >= 4 is 55.0 Å². The third kappa shape index (κ3) is 7.00. The average molecular weight is 915 g/mol. The third-order valence-electron chi connectivity index (χ3n) is 13.5. The van der Waals surface area contributed by atoms with Gasteiger partial charge >= 0.3 is 0 Å². The van der Waals surface area contributed by atoms with Crippen molar-refractivity contribution in [1.29, 1.82) is 15.8 Å². The van der Waals surface area contributed by atoms with Gasteiger partial charge in [0.15, 0.2) is 11.4 Å². The monoisotopic (exact) mass is 914 g/mol. The van der Waals surface area contributed by atoms with E-state index in [-0.39, 0.29) is 0 Å². The van der Waals surface area contributed by atoms with Crippen LogP contribution in [0.1, 0.15) is 16.7 Å². The second-order valence-corrected chi connectivity index (χ2v) is 17.4. The molecule has 0 bridgehead atoms. The molecule has 0 fully saturated rings. The van der Waals surface area contributed by atoms with E-state index < -0.39 is 0 Å². The summed E-state index contributed by atoms with van der Waals surface area (Å²) in [6.45, 7) is 15.5. The van der Waals surface area contributed by atoms with Gasteiger partial charge in [-0.3, -0.25) is 0 Å². The van der Waals surface area contributed by atoms with Crippen molar-refractivity contribution in [2.45, 2.75) is 0 Å². The average Bonchev–Trinajstić information content (AvgIpc) is 3.96. The Labute approximate surface area is 414 Å². The molecule has 0 aliphatic heterocycles. The summed E-state index contributed by atoms with van der Waals surface area (Å²) in [5.41, 5.74) is 15.6. The number of hydrogen-bond donors (Lipinski definition) is 0. The van der Waals surface area contributed by atoms with Gasteiger partial charge in [0, 0.05) is 38.2 Å². The predicted molar refractivity (Wildman–Crippen MR) is 287 cm³/mol. The first-order chi connectivity index (χ1) is 35.5. The minimum absolute atomic E-state index is 0.406. The fourth-order valence-electron chi connectivity index (χ4n) is 10.2. The molecule has 0 unspecified atom stereocenters. The topological polar surface area (TPSA) is 103 Å². The summed E-state index contributed by atoms with van der Waals surface area (Å²) in [6.07, 6.45) is 0. The fourth-order valence-corrected chi connectivity index (χ4v) is 10.2. The minimum Gasteiger partial charge on any atom is -0.309 e. The molecule has 330 valence electrons. The number of pyridine rings is 1. The van der Waals surface area contributed by atoms with Gasteiger partial charge in [0.25, 0.3) is 0 Å². The SMILES string of the molecule is [C-]#[N+]c1ccc(-c2ccc3c(c2)c2ccccc2n3-c2cc(-c3cc(-c4ccccc4)nc(-c4ccccc4)c3)c(-n3c4ccccc4c4cc(-c5ccc(C#N)cc5C#N)ccc43)cc2C#N)c([N+]#[C-])c1. The quantitative estimate of drug-likeness (QED) is 0.149. The van der Waals surface area contributed by atoms with E-state index >= 15 is 0 Å². The van der Waals surface area contributed by atoms with Crippen molar-refractivity contribution in [3.63, 3.8) is 0 Å². The number of nitrogens with zero attached hydrogens (tertiary/aromatic N) is 8. The van der Waals surface area contributed by atoms with Crippen LogP contribution in [0.2, 0.25) is 0 Å². The van der Waals surface area contributed by atoms with Gasteiger partial charge in [0.2, 0.25) is 0 Å². The van der Waals surface area contributed by atoms with Crippen LogP contribution < -0.4 is 0 Å². The summed E-state index contributed by atoms with van der Waals surface area (Å²) in [7, 11) is 0. The molecule has 3 heterocycles. The highest BCUT2D eigenvalue weighted by Gasteiger charge is 2.24. The van der Waals surface area contributed by atoms with E-state index in [1.54, 1.807) is 24.3 Å². The summed E-state index contributed by atoms with van der Waals surface area (Å²) in [5.74, 6) is 0. The van der Waals surface area contributed by atoms with E-state index in [9.17, 15) is 15.8 Å². The number of rotatable bonds is 7. The van der Waals surface area contributed by atoms with Gasteiger partial charge < -0.3 is 9.13 Å². The molecule has 0 saturated heterocycles. The Balaban J connectivity index is 1.17. The molecule has 0 N–H and O–H groups in total. The molecule has 8 nitrogen and oxygen atoms in total. The van der Waals surface area contributed by atoms with Gasteiger partial charge in [-0.25, -0.2) is 14.7 Å². The van der Waals surface area contributed by atoms with Crippen molar-refractivity contribution in [2.24, 2.45) is 0 Å². The molecule has 0 spiro atoms. The van der Waals surface area contributed by atoms with Gasteiger partial charge in [-0.1, -0.05) is 133 Å². The van der Waals surface area contributed by atoms with Crippen LogP contribution in [0.5, 0.6) is 0 Å². The maximum Gasteiger partial charge on any atom is 0.184 e. The Morgan fingerprint density at radius 3 is 1.49 bits per heavy atom. The molecule has 0 aliphatic rings. The third-order valence-corrected chi connectivity index (χ3v) is 13.5. The second kappa shape index (κ2) is 17.4. The predicted octanol–water partition coefficient (Wildman–Crippen LogP) is 16.3. The van der Waals surface area contributed by atoms with E-state index in [1.807, 2.05) is 91.0 Å². The lowest BCUT2D eigenvalue weighted by Crippen LogP contribution is -2.04. The molecule has 12 rings (SSSR count). The summed E-state index contributed by atoms with van der Waals surface area (Å²) >= 11 is 0. The Hall–Kier alpha value is -10.8. The molecule has 3 aromatic heterocycles. The molecule has 0 atom stereocenters. The maximum absolute atomic E-state index is 11.4. The zero-order valence-corrected chi connectivity index (χ0v) is 38.2. The first-order valence-electron chi connectivity index (χ1n) is 23.1. The Morgan fingerprint density at radius 1 is 0.375 bits per heavy atom. The van der Waals surface area contributed by atoms with E-state index in [1.165, 1.54) is 0 Å². The summed E-state index contributed by atoms with van der Waals surface area (Å²) in [6, 6.07) is 74.9. The molecule has 8 heteroatoms. The van der Waals surface area contributed by atoms with Gasteiger partial charge in [-0.15, -0.1) is 0 Å². The molecular weight excluding hydrogens is 881 g/mol. The number of benzene rings is 9. The number of para-hydroxylation sites is 2. The molecule has 0 radical (unpaired) electrons. The number of aromatic nitrogens is 3. The Morgan fingerprint density at radius 2 is 0.917 bits per heavy atom. The van der Waals surface area contributed by atoms with E-state index in [0.717, 1.165) is 105 Å². The number of nitriles is 3. The van der Waals surface area contributed by atoms with Crippen LogP contribution in [0.25, 0.3) is 121 Å². The summed E-state index contributed by atoms with van der Waals surface area (Å²) < 4.78 is 4.40. The van der Waals surface area contributed by atoms with Crippen molar-refractivity contribution in [1.82, 2.24) is 14.1 Å². The molecule has 0 saturated carbocycles. The summed E-state index contributed by atoms with van der Waals surface area (Å²) in [5, 5.41) is 35.1. The molecule has 0 amide bonds. The van der Waals surface area contributed by atoms with Crippen LogP contribution in [-0.2, 0) is 0 Å². The van der Waals surface area contributed by atoms with Crippen molar-refractivity contribution in [3.05, 3.63) is 246 Å². The van der Waals surface area contributed by atoms with Gasteiger partial charge in [0.05, 0.1) is 86.8 Å². The Kier molecular flexibility index (Phi) is 10.3. The van der Waals surface area contributed by atoms with Crippen LogP contribution in [-0.4, -0.2) is 14.1 Å². The largest absolute Gasteiger partial charge is 0.309 e. The van der Waals surface area contributed by atoms with Crippen molar-refractivity contribution in [2.75, 3.05) is 0 Å². The van der Waals surface area contributed by atoms with Crippen LogP contribution >= 0.6 is 0 Å². The van der Waals surface area contributed by atoms with Gasteiger partial charge in [0.1, 0.15) is 6.07 Å². The first kappa shape index (κ1) is 42.5. The molecular formula is C64H34N8. The molecule has 9 aromatic carbocycles. The number of hydrogen-bond acceptors (Lipinski definition) is 4. The normalized spacial score (nSPS) is 11.0. The molecule has 12 aromatic rings. The van der Waals surface area contributed by atoms with Crippen molar-refractivity contribution in [3.8, 4) is 85.5 Å². The van der Waals surface area contributed by atoms with E-state index in [4.69, 9.17) is 18.1 Å². The zero-order valence-electron chi connectivity index (χ0n) is 38.2. The highest BCUT2D eigenvalue weighted by Crippen LogP contribution is 2.44. The second-order valence-electron chi connectivity index (χ2n) is 17.4. The van der Waals surface area contributed by atoms with Crippen LogP contribution in [0.15, 0.2) is 206 Å².